The van der Waals surface area contributed by atoms with Gasteiger partial charge in [-0.2, -0.15) is 9.36 Å². The van der Waals surface area contributed by atoms with Gasteiger partial charge in [-0.3, -0.25) is 0 Å². The fraction of sp³-hybridized carbons (Fsp3) is 0.818. The number of hydrogen-bond donors (Lipinski definition) is 1. The molecule has 0 radical (unpaired) electrons. The van der Waals surface area contributed by atoms with E-state index in [1.807, 2.05) is 0 Å². The molecule has 4 nitrogen and oxygen atoms in total. The molecule has 1 fully saturated rings. The van der Waals surface area contributed by atoms with Gasteiger partial charge in [-0.15, -0.1) is 0 Å². The van der Waals surface area contributed by atoms with E-state index < -0.39 is 0 Å². The molecule has 0 aliphatic carbocycles. The molecule has 1 saturated heterocycles. The SMILES string of the molecule is CC(C)(C)c1nsc(OCC2CCCN2)n1. The van der Waals surface area contributed by atoms with Crippen LogP contribution in [0.3, 0.4) is 0 Å². The molecule has 1 unspecified atom stereocenters. The second kappa shape index (κ2) is 4.67. The van der Waals surface area contributed by atoms with E-state index in [1.54, 1.807) is 0 Å². The van der Waals surface area contributed by atoms with Gasteiger partial charge in [0.1, 0.15) is 6.61 Å². The number of nitrogens with zero attached hydrogens (tertiary/aromatic N) is 2. The number of nitrogens with one attached hydrogen (secondary N) is 1. The van der Waals surface area contributed by atoms with E-state index in [-0.39, 0.29) is 5.41 Å². The highest BCUT2D eigenvalue weighted by Gasteiger charge is 2.21. The first-order chi connectivity index (χ1) is 7.55. The monoisotopic (exact) mass is 241 g/mol. The number of rotatable bonds is 3. The summed E-state index contributed by atoms with van der Waals surface area (Å²) in [5.41, 5.74) is 0.00369. The first-order valence-corrected chi connectivity index (χ1v) is 6.53. The molecular weight excluding hydrogens is 222 g/mol. The smallest absolute Gasteiger partial charge is 0.293 e. The summed E-state index contributed by atoms with van der Waals surface area (Å²) in [6, 6.07) is 0.488. The largest absolute Gasteiger partial charge is 0.467 e. The third-order valence-electron chi connectivity index (χ3n) is 2.65. The number of aromatic nitrogens is 2. The molecule has 0 spiro atoms. The van der Waals surface area contributed by atoms with Crippen molar-refractivity contribution < 1.29 is 4.74 Å². The van der Waals surface area contributed by atoms with Crippen LogP contribution in [0.5, 0.6) is 5.19 Å². The zero-order valence-electron chi connectivity index (χ0n) is 10.1. The van der Waals surface area contributed by atoms with Crippen LogP contribution in [0, 0.1) is 0 Å². The van der Waals surface area contributed by atoms with Crippen molar-refractivity contribution in [1.82, 2.24) is 14.7 Å². The Morgan fingerprint density at radius 2 is 2.31 bits per heavy atom. The van der Waals surface area contributed by atoms with Crippen molar-refractivity contribution in [3.63, 3.8) is 0 Å². The van der Waals surface area contributed by atoms with Crippen molar-refractivity contribution in [3.05, 3.63) is 5.82 Å². The van der Waals surface area contributed by atoms with E-state index in [0.717, 1.165) is 12.4 Å². The molecule has 1 atom stereocenters. The van der Waals surface area contributed by atoms with Crippen LogP contribution >= 0.6 is 11.5 Å². The maximum Gasteiger partial charge on any atom is 0.293 e. The van der Waals surface area contributed by atoms with Crippen LogP contribution in [-0.2, 0) is 5.41 Å². The van der Waals surface area contributed by atoms with Gasteiger partial charge in [-0.25, -0.2) is 0 Å². The summed E-state index contributed by atoms with van der Waals surface area (Å²) >= 11 is 1.35. The van der Waals surface area contributed by atoms with E-state index >= 15 is 0 Å². The van der Waals surface area contributed by atoms with Gasteiger partial charge in [-0.05, 0) is 19.4 Å². The van der Waals surface area contributed by atoms with Gasteiger partial charge < -0.3 is 10.1 Å². The molecule has 1 aliphatic heterocycles. The quantitative estimate of drug-likeness (QED) is 0.879. The standard InChI is InChI=1S/C11H19N3OS/c1-11(2,3)9-13-10(16-14-9)15-7-8-5-4-6-12-8/h8,12H,4-7H2,1-3H3. The van der Waals surface area contributed by atoms with Crippen molar-refractivity contribution >= 4 is 11.5 Å². The molecule has 1 aromatic rings. The van der Waals surface area contributed by atoms with Crippen LogP contribution in [-0.4, -0.2) is 28.6 Å². The van der Waals surface area contributed by atoms with Crippen LogP contribution in [0.4, 0.5) is 0 Å². The maximum absolute atomic E-state index is 5.65. The van der Waals surface area contributed by atoms with Crippen LogP contribution in [0.2, 0.25) is 0 Å². The van der Waals surface area contributed by atoms with E-state index in [2.05, 4.69) is 35.4 Å². The van der Waals surface area contributed by atoms with Crippen LogP contribution in [0.1, 0.15) is 39.4 Å². The summed E-state index contributed by atoms with van der Waals surface area (Å²) in [4.78, 5) is 4.40. The van der Waals surface area contributed by atoms with Gasteiger partial charge in [0, 0.05) is 23.0 Å². The Bertz CT molecular complexity index is 339. The van der Waals surface area contributed by atoms with E-state index in [9.17, 15) is 0 Å². The summed E-state index contributed by atoms with van der Waals surface area (Å²) < 4.78 is 9.97. The summed E-state index contributed by atoms with van der Waals surface area (Å²) in [7, 11) is 0. The molecule has 1 aromatic heterocycles. The zero-order chi connectivity index (χ0) is 11.6. The molecule has 5 heteroatoms. The third-order valence-corrected chi connectivity index (χ3v) is 3.28. The molecule has 1 aliphatic rings. The van der Waals surface area contributed by atoms with E-state index in [0.29, 0.717) is 17.8 Å². The van der Waals surface area contributed by atoms with Crippen molar-refractivity contribution in [2.75, 3.05) is 13.2 Å². The molecule has 90 valence electrons. The van der Waals surface area contributed by atoms with E-state index in [1.165, 1.54) is 24.4 Å². The second-order valence-electron chi connectivity index (χ2n) is 5.24. The fourth-order valence-corrected chi connectivity index (χ4v) is 2.37. The Kier molecular flexibility index (Phi) is 3.44. The predicted octanol–water partition coefficient (Wildman–Crippen LogP) is 1.97. The minimum atomic E-state index is 0.00369. The fourth-order valence-electron chi connectivity index (χ4n) is 1.64. The van der Waals surface area contributed by atoms with Crippen molar-refractivity contribution in [2.24, 2.45) is 0 Å². The van der Waals surface area contributed by atoms with Crippen LogP contribution < -0.4 is 10.1 Å². The molecule has 0 amide bonds. The predicted molar refractivity (Wildman–Crippen MR) is 65.1 cm³/mol. The molecule has 16 heavy (non-hydrogen) atoms. The Morgan fingerprint density at radius 1 is 1.50 bits per heavy atom. The maximum atomic E-state index is 5.65. The van der Waals surface area contributed by atoms with Gasteiger partial charge in [-0.1, -0.05) is 20.8 Å². The van der Waals surface area contributed by atoms with Crippen molar-refractivity contribution in [1.29, 1.82) is 0 Å². The lowest BCUT2D eigenvalue weighted by atomic mass is 9.96. The molecular formula is C11H19N3OS. The van der Waals surface area contributed by atoms with Gasteiger partial charge in [0.05, 0.1) is 0 Å². The molecule has 0 bridgehead atoms. The van der Waals surface area contributed by atoms with Crippen molar-refractivity contribution in [3.8, 4) is 5.19 Å². The number of hydrogen-bond acceptors (Lipinski definition) is 5. The Balaban J connectivity index is 1.87. The summed E-state index contributed by atoms with van der Waals surface area (Å²) in [5, 5.41) is 4.09. The zero-order valence-corrected chi connectivity index (χ0v) is 10.9. The normalized spacial score (nSPS) is 21.3. The Morgan fingerprint density at radius 3 is 2.88 bits per heavy atom. The molecule has 1 N–H and O–H groups in total. The van der Waals surface area contributed by atoms with Gasteiger partial charge in [0.15, 0.2) is 5.82 Å². The minimum Gasteiger partial charge on any atom is -0.467 e. The van der Waals surface area contributed by atoms with Crippen LogP contribution in [0.15, 0.2) is 0 Å². The third kappa shape index (κ3) is 2.92. The van der Waals surface area contributed by atoms with Gasteiger partial charge >= 0.3 is 0 Å². The highest BCUT2D eigenvalue weighted by Crippen LogP contribution is 2.24. The lowest BCUT2D eigenvalue weighted by Crippen LogP contribution is -2.28. The average molecular weight is 241 g/mol. The molecule has 2 rings (SSSR count). The number of ether oxygens (including phenoxy) is 1. The molecule has 0 aromatic carbocycles. The minimum absolute atomic E-state index is 0.00369. The van der Waals surface area contributed by atoms with Crippen molar-refractivity contribution in [2.45, 2.75) is 45.1 Å². The summed E-state index contributed by atoms with van der Waals surface area (Å²) in [6.45, 7) is 8.14. The Hall–Kier alpha value is -0.680. The lowest BCUT2D eigenvalue weighted by molar-refractivity contribution is 0.274. The Labute approximate surface area is 101 Å². The molecule has 0 saturated carbocycles. The van der Waals surface area contributed by atoms with E-state index in [4.69, 9.17) is 4.74 Å². The second-order valence-corrected chi connectivity index (χ2v) is 5.95. The highest BCUT2D eigenvalue weighted by atomic mass is 32.1. The lowest BCUT2D eigenvalue weighted by Gasteiger charge is -2.12. The summed E-state index contributed by atoms with van der Waals surface area (Å²) in [5.74, 6) is 0.867. The van der Waals surface area contributed by atoms with Gasteiger partial charge in [0.25, 0.3) is 5.19 Å². The van der Waals surface area contributed by atoms with Gasteiger partial charge in [0.2, 0.25) is 0 Å². The summed E-state index contributed by atoms with van der Waals surface area (Å²) in [6.07, 6.45) is 2.45. The topological polar surface area (TPSA) is 47.0 Å². The average Bonchev–Trinajstić information content (AvgIpc) is 2.85. The van der Waals surface area contributed by atoms with Crippen LogP contribution in [0.25, 0.3) is 0 Å². The first kappa shape index (κ1) is 11.8. The molecule has 2 heterocycles. The highest BCUT2D eigenvalue weighted by molar-refractivity contribution is 7.07. The first-order valence-electron chi connectivity index (χ1n) is 5.76.